The molecule has 0 radical (unpaired) electrons. The van der Waals surface area contributed by atoms with Gasteiger partial charge < -0.3 is 15.5 Å². The van der Waals surface area contributed by atoms with Crippen LogP contribution in [0.4, 0.5) is 5.13 Å². The van der Waals surface area contributed by atoms with Crippen molar-refractivity contribution in [3.63, 3.8) is 0 Å². The number of hydrogen-bond acceptors (Lipinski definition) is 5. The van der Waals surface area contributed by atoms with Crippen LogP contribution < -0.4 is 10.6 Å². The maximum atomic E-state index is 12.5. The molecule has 24 heavy (non-hydrogen) atoms. The van der Waals surface area contributed by atoms with Crippen molar-refractivity contribution in [2.45, 2.75) is 12.8 Å². The van der Waals surface area contributed by atoms with E-state index in [1.54, 1.807) is 5.38 Å². The van der Waals surface area contributed by atoms with Gasteiger partial charge in [-0.2, -0.15) is 0 Å². The highest BCUT2D eigenvalue weighted by atomic mass is 32.1. The van der Waals surface area contributed by atoms with Gasteiger partial charge in [0.2, 0.25) is 5.91 Å². The molecule has 2 heterocycles. The summed E-state index contributed by atoms with van der Waals surface area (Å²) >= 11 is 1.28. The fraction of sp³-hybridized carbons (Fsp3) is 0.353. The third-order valence-corrected chi connectivity index (χ3v) is 4.56. The predicted octanol–water partition coefficient (Wildman–Crippen LogP) is 1.76. The molecule has 2 aromatic rings. The number of hydrogen-bond donors (Lipinski definition) is 2. The van der Waals surface area contributed by atoms with Gasteiger partial charge in [-0.05, 0) is 18.5 Å². The average Bonchev–Trinajstić information content (AvgIpc) is 2.88. The largest absolute Gasteiger partial charge is 0.336 e. The average molecular weight is 344 g/mol. The summed E-state index contributed by atoms with van der Waals surface area (Å²) in [6, 6.07) is 9.53. The fourth-order valence-corrected chi connectivity index (χ4v) is 3.29. The van der Waals surface area contributed by atoms with Crippen molar-refractivity contribution >= 4 is 28.3 Å². The highest BCUT2D eigenvalue weighted by Crippen LogP contribution is 2.17. The molecular weight excluding hydrogens is 324 g/mol. The standard InChI is InChI=1S/C17H20N4O2S/c22-15(11-13-5-2-1-3-6-13)20-17-19-14(12-24-17)16(23)21-9-4-7-18-8-10-21/h1-3,5-6,12,18H,4,7-11H2,(H,19,20,22). The Morgan fingerprint density at radius 3 is 2.88 bits per heavy atom. The third kappa shape index (κ3) is 4.39. The number of nitrogens with one attached hydrogen (secondary N) is 2. The van der Waals surface area contributed by atoms with Crippen LogP contribution in [0.5, 0.6) is 0 Å². The van der Waals surface area contributed by atoms with E-state index in [1.807, 2.05) is 35.2 Å². The zero-order valence-corrected chi connectivity index (χ0v) is 14.1. The first-order valence-electron chi connectivity index (χ1n) is 8.01. The molecule has 1 fully saturated rings. The van der Waals surface area contributed by atoms with Crippen LogP contribution in [-0.4, -0.2) is 47.9 Å². The third-order valence-electron chi connectivity index (χ3n) is 3.80. The minimum atomic E-state index is -0.131. The molecule has 1 aromatic heterocycles. The summed E-state index contributed by atoms with van der Waals surface area (Å²) in [5.74, 6) is -0.202. The van der Waals surface area contributed by atoms with E-state index in [0.717, 1.165) is 31.6 Å². The van der Waals surface area contributed by atoms with Crippen molar-refractivity contribution in [2.75, 3.05) is 31.5 Å². The monoisotopic (exact) mass is 344 g/mol. The Morgan fingerprint density at radius 2 is 2.04 bits per heavy atom. The molecule has 0 unspecified atom stereocenters. The summed E-state index contributed by atoms with van der Waals surface area (Å²) in [4.78, 5) is 30.6. The molecule has 1 aliphatic heterocycles. The maximum Gasteiger partial charge on any atom is 0.273 e. The molecule has 126 valence electrons. The van der Waals surface area contributed by atoms with Crippen LogP contribution in [0.3, 0.4) is 0 Å². The van der Waals surface area contributed by atoms with Gasteiger partial charge in [0, 0.05) is 25.0 Å². The summed E-state index contributed by atoms with van der Waals surface area (Å²) in [6.45, 7) is 3.16. The van der Waals surface area contributed by atoms with Gasteiger partial charge in [-0.3, -0.25) is 9.59 Å². The van der Waals surface area contributed by atoms with Gasteiger partial charge in [0.05, 0.1) is 6.42 Å². The molecule has 1 aliphatic rings. The van der Waals surface area contributed by atoms with E-state index in [4.69, 9.17) is 0 Å². The predicted molar refractivity (Wildman–Crippen MR) is 94.3 cm³/mol. The quantitative estimate of drug-likeness (QED) is 0.886. The van der Waals surface area contributed by atoms with E-state index in [0.29, 0.717) is 23.8 Å². The molecule has 0 spiro atoms. The molecule has 3 rings (SSSR count). The number of nitrogens with zero attached hydrogens (tertiary/aromatic N) is 2. The van der Waals surface area contributed by atoms with E-state index in [9.17, 15) is 9.59 Å². The first-order chi connectivity index (χ1) is 11.7. The van der Waals surface area contributed by atoms with E-state index in [1.165, 1.54) is 11.3 Å². The molecule has 1 aromatic carbocycles. The van der Waals surface area contributed by atoms with E-state index in [2.05, 4.69) is 15.6 Å². The van der Waals surface area contributed by atoms with E-state index in [-0.39, 0.29) is 11.8 Å². The van der Waals surface area contributed by atoms with Crippen LogP contribution in [0.25, 0.3) is 0 Å². The highest BCUT2D eigenvalue weighted by molar-refractivity contribution is 7.14. The Hall–Kier alpha value is -2.25. The lowest BCUT2D eigenvalue weighted by Crippen LogP contribution is -2.34. The van der Waals surface area contributed by atoms with Crippen LogP contribution in [0.2, 0.25) is 0 Å². The lowest BCUT2D eigenvalue weighted by Gasteiger charge is -2.18. The normalized spacial score (nSPS) is 14.9. The molecule has 0 atom stereocenters. The number of carbonyl (C=O) groups is 2. The molecule has 0 saturated carbocycles. The molecule has 6 nitrogen and oxygen atoms in total. The zero-order valence-electron chi connectivity index (χ0n) is 13.3. The fourth-order valence-electron chi connectivity index (χ4n) is 2.58. The van der Waals surface area contributed by atoms with Crippen molar-refractivity contribution < 1.29 is 9.59 Å². The minimum Gasteiger partial charge on any atom is -0.336 e. The van der Waals surface area contributed by atoms with Crippen LogP contribution >= 0.6 is 11.3 Å². The SMILES string of the molecule is O=C(Cc1ccccc1)Nc1nc(C(=O)N2CCCNCC2)cs1. The van der Waals surface area contributed by atoms with Crippen LogP contribution in [0, 0.1) is 0 Å². The summed E-state index contributed by atoms with van der Waals surface area (Å²) in [7, 11) is 0. The number of aromatic nitrogens is 1. The Bertz CT molecular complexity index is 694. The lowest BCUT2D eigenvalue weighted by atomic mass is 10.1. The number of rotatable bonds is 4. The van der Waals surface area contributed by atoms with E-state index < -0.39 is 0 Å². The van der Waals surface area contributed by atoms with Gasteiger partial charge in [0.25, 0.3) is 5.91 Å². The Balaban J connectivity index is 1.58. The molecule has 0 aliphatic carbocycles. The molecule has 7 heteroatoms. The Kier molecular flexibility index (Phi) is 5.55. The van der Waals surface area contributed by atoms with Crippen molar-refractivity contribution in [1.29, 1.82) is 0 Å². The second-order valence-electron chi connectivity index (χ2n) is 5.64. The van der Waals surface area contributed by atoms with Crippen molar-refractivity contribution in [3.05, 3.63) is 47.0 Å². The van der Waals surface area contributed by atoms with Gasteiger partial charge in [0.1, 0.15) is 5.69 Å². The molecule has 2 N–H and O–H groups in total. The maximum absolute atomic E-state index is 12.5. The van der Waals surface area contributed by atoms with Gasteiger partial charge in [-0.15, -0.1) is 11.3 Å². The molecule has 1 saturated heterocycles. The second kappa shape index (κ2) is 8.03. The number of anilines is 1. The number of benzene rings is 1. The Labute approximate surface area is 144 Å². The van der Waals surface area contributed by atoms with Gasteiger partial charge in [-0.25, -0.2) is 4.98 Å². The van der Waals surface area contributed by atoms with Gasteiger partial charge in [-0.1, -0.05) is 30.3 Å². The summed E-state index contributed by atoms with van der Waals surface area (Å²) in [6.07, 6.45) is 1.23. The van der Waals surface area contributed by atoms with Gasteiger partial charge >= 0.3 is 0 Å². The lowest BCUT2D eigenvalue weighted by molar-refractivity contribution is -0.115. The first-order valence-corrected chi connectivity index (χ1v) is 8.89. The molecular formula is C17H20N4O2S. The first kappa shape index (κ1) is 16.6. The molecule has 0 bridgehead atoms. The number of carbonyl (C=O) groups excluding carboxylic acids is 2. The minimum absolute atomic E-state index is 0.0708. The van der Waals surface area contributed by atoms with Crippen molar-refractivity contribution in [1.82, 2.24) is 15.2 Å². The zero-order chi connectivity index (χ0) is 16.8. The Morgan fingerprint density at radius 1 is 1.21 bits per heavy atom. The second-order valence-corrected chi connectivity index (χ2v) is 6.50. The van der Waals surface area contributed by atoms with Gasteiger partial charge in [0.15, 0.2) is 5.13 Å². The van der Waals surface area contributed by atoms with E-state index >= 15 is 0 Å². The summed E-state index contributed by atoms with van der Waals surface area (Å²) in [5, 5.41) is 8.21. The highest BCUT2D eigenvalue weighted by Gasteiger charge is 2.20. The number of thiazole rings is 1. The van der Waals surface area contributed by atoms with Crippen LogP contribution in [0.1, 0.15) is 22.5 Å². The molecule has 2 amide bonds. The summed E-state index contributed by atoms with van der Waals surface area (Å²) in [5.41, 5.74) is 1.34. The smallest absolute Gasteiger partial charge is 0.273 e. The topological polar surface area (TPSA) is 74.3 Å². The van der Waals surface area contributed by atoms with Crippen molar-refractivity contribution in [3.8, 4) is 0 Å². The van der Waals surface area contributed by atoms with Crippen molar-refractivity contribution in [2.24, 2.45) is 0 Å². The summed E-state index contributed by atoms with van der Waals surface area (Å²) < 4.78 is 0. The van der Waals surface area contributed by atoms with Crippen LogP contribution in [-0.2, 0) is 11.2 Å². The van der Waals surface area contributed by atoms with Crippen LogP contribution in [0.15, 0.2) is 35.7 Å². The number of amides is 2.